The van der Waals surface area contributed by atoms with Crippen molar-refractivity contribution in [2.45, 2.75) is 13.0 Å². The highest BCUT2D eigenvalue weighted by Crippen LogP contribution is 2.30. The summed E-state index contributed by atoms with van der Waals surface area (Å²) in [7, 11) is 3.05. The molecule has 0 saturated heterocycles. The van der Waals surface area contributed by atoms with Crippen molar-refractivity contribution >= 4 is 29.1 Å². The van der Waals surface area contributed by atoms with Gasteiger partial charge in [-0.05, 0) is 31.2 Å². The molecule has 0 saturated carbocycles. The van der Waals surface area contributed by atoms with Gasteiger partial charge in [0.1, 0.15) is 11.5 Å². The minimum atomic E-state index is -0.956. The number of ether oxygens (including phenoxy) is 2. The molecule has 2 aromatic rings. The minimum absolute atomic E-state index is 0.00130. The molecule has 134 valence electrons. The molecule has 0 bridgehead atoms. The second-order valence-corrected chi connectivity index (χ2v) is 6.24. The summed E-state index contributed by atoms with van der Waals surface area (Å²) < 4.78 is 10.5. The number of aliphatic hydroxyl groups is 1. The third kappa shape index (κ3) is 4.57. The molecular weight excluding hydrogens is 365 g/mol. The zero-order valence-corrected chi connectivity index (χ0v) is 15.6. The molecule has 0 aliphatic carbocycles. The summed E-state index contributed by atoms with van der Waals surface area (Å²) in [4.78, 5) is 12.4. The van der Waals surface area contributed by atoms with Crippen LogP contribution in [0, 0.1) is 6.92 Å². The predicted octanol–water partition coefficient (Wildman–Crippen LogP) is 3.78. The van der Waals surface area contributed by atoms with Crippen LogP contribution in [0.25, 0.3) is 0 Å². The van der Waals surface area contributed by atoms with Crippen LogP contribution >= 0.6 is 23.2 Å². The van der Waals surface area contributed by atoms with Gasteiger partial charge < -0.3 is 19.9 Å². The number of benzene rings is 2. The van der Waals surface area contributed by atoms with E-state index in [1.54, 1.807) is 30.3 Å². The van der Waals surface area contributed by atoms with Crippen molar-refractivity contribution in [1.29, 1.82) is 0 Å². The largest absolute Gasteiger partial charge is 0.496 e. The number of hydrogen-bond donors (Lipinski definition) is 2. The lowest BCUT2D eigenvalue weighted by Crippen LogP contribution is -2.28. The number of amides is 1. The second kappa shape index (κ2) is 8.43. The summed E-state index contributed by atoms with van der Waals surface area (Å²) >= 11 is 11.9. The first-order chi connectivity index (χ1) is 11.9. The second-order valence-electron chi connectivity index (χ2n) is 5.40. The Kier molecular flexibility index (Phi) is 6.53. The topological polar surface area (TPSA) is 67.8 Å². The fourth-order valence-corrected chi connectivity index (χ4v) is 2.92. The van der Waals surface area contributed by atoms with Gasteiger partial charge in [0.2, 0.25) is 0 Å². The standard InChI is InChI=1S/C18H19Cl2NO4/c1-10-16(24-2)6-11(7-17(10)25-3)18(23)21-9-15(22)13-5-4-12(19)8-14(13)20/h4-8,15,22H,9H2,1-3H3,(H,21,23). The number of halogens is 2. The highest BCUT2D eigenvalue weighted by Gasteiger charge is 2.16. The number of carbonyl (C=O) groups excluding carboxylic acids is 1. The summed E-state index contributed by atoms with van der Waals surface area (Å²) in [6.45, 7) is 1.84. The van der Waals surface area contributed by atoms with Gasteiger partial charge in [0.05, 0.1) is 20.3 Å². The van der Waals surface area contributed by atoms with Crippen LogP contribution in [0.5, 0.6) is 11.5 Å². The molecule has 0 heterocycles. The van der Waals surface area contributed by atoms with E-state index in [1.165, 1.54) is 14.2 Å². The van der Waals surface area contributed by atoms with E-state index in [4.69, 9.17) is 32.7 Å². The van der Waals surface area contributed by atoms with Crippen LogP contribution in [-0.4, -0.2) is 31.8 Å². The molecule has 1 amide bonds. The Morgan fingerprint density at radius 1 is 1.16 bits per heavy atom. The van der Waals surface area contributed by atoms with Gasteiger partial charge in [-0.2, -0.15) is 0 Å². The summed E-state index contributed by atoms with van der Waals surface area (Å²) in [5.74, 6) is 0.734. The van der Waals surface area contributed by atoms with Gasteiger partial charge in [-0.1, -0.05) is 29.3 Å². The molecule has 0 radical (unpaired) electrons. The van der Waals surface area contributed by atoms with Gasteiger partial charge in [0.25, 0.3) is 5.91 Å². The Labute approximate surface area is 156 Å². The molecular formula is C18H19Cl2NO4. The van der Waals surface area contributed by atoms with E-state index in [0.29, 0.717) is 32.7 Å². The average molecular weight is 384 g/mol. The molecule has 7 heteroatoms. The Morgan fingerprint density at radius 2 is 1.76 bits per heavy atom. The number of nitrogens with one attached hydrogen (secondary N) is 1. The zero-order chi connectivity index (χ0) is 18.6. The number of hydrogen-bond acceptors (Lipinski definition) is 4. The maximum Gasteiger partial charge on any atom is 0.251 e. The molecule has 0 aliphatic heterocycles. The van der Waals surface area contributed by atoms with Gasteiger partial charge in [-0.25, -0.2) is 0 Å². The molecule has 25 heavy (non-hydrogen) atoms. The molecule has 2 aromatic carbocycles. The van der Waals surface area contributed by atoms with Crippen LogP contribution in [0.1, 0.15) is 27.6 Å². The Balaban J connectivity index is 2.12. The van der Waals surface area contributed by atoms with Crippen LogP contribution in [-0.2, 0) is 0 Å². The normalized spacial score (nSPS) is 11.8. The Bertz CT molecular complexity index is 755. The molecule has 5 nitrogen and oxygen atoms in total. The van der Waals surface area contributed by atoms with Crippen LogP contribution in [0.15, 0.2) is 30.3 Å². The number of aliphatic hydroxyl groups excluding tert-OH is 1. The lowest BCUT2D eigenvalue weighted by Gasteiger charge is -2.15. The lowest BCUT2D eigenvalue weighted by atomic mass is 10.1. The molecule has 0 aliphatic rings. The van der Waals surface area contributed by atoms with Crippen molar-refractivity contribution in [2.75, 3.05) is 20.8 Å². The molecule has 2 rings (SSSR count). The van der Waals surface area contributed by atoms with Crippen molar-refractivity contribution in [3.8, 4) is 11.5 Å². The fourth-order valence-electron chi connectivity index (χ4n) is 2.39. The van der Waals surface area contributed by atoms with E-state index in [2.05, 4.69) is 5.32 Å². The SMILES string of the molecule is COc1cc(C(=O)NCC(O)c2ccc(Cl)cc2Cl)cc(OC)c1C. The molecule has 2 N–H and O–H groups in total. The van der Waals surface area contributed by atoms with Crippen molar-refractivity contribution < 1.29 is 19.4 Å². The third-order valence-electron chi connectivity index (χ3n) is 3.79. The van der Waals surface area contributed by atoms with Crippen LogP contribution in [0.3, 0.4) is 0 Å². The quantitative estimate of drug-likeness (QED) is 0.796. The van der Waals surface area contributed by atoms with Gasteiger partial charge >= 0.3 is 0 Å². The molecule has 1 unspecified atom stereocenters. The third-order valence-corrected chi connectivity index (χ3v) is 4.35. The van der Waals surface area contributed by atoms with Gasteiger partial charge in [0.15, 0.2) is 0 Å². The smallest absolute Gasteiger partial charge is 0.251 e. The van der Waals surface area contributed by atoms with E-state index in [-0.39, 0.29) is 12.5 Å². The van der Waals surface area contributed by atoms with E-state index in [9.17, 15) is 9.90 Å². The molecule has 0 fully saturated rings. The van der Waals surface area contributed by atoms with Crippen LogP contribution in [0.4, 0.5) is 0 Å². The monoisotopic (exact) mass is 383 g/mol. The number of rotatable bonds is 6. The molecule has 0 aromatic heterocycles. The van der Waals surface area contributed by atoms with Crippen LogP contribution < -0.4 is 14.8 Å². The summed E-state index contributed by atoms with van der Waals surface area (Å²) in [6.07, 6.45) is -0.956. The van der Waals surface area contributed by atoms with Gasteiger partial charge in [-0.15, -0.1) is 0 Å². The van der Waals surface area contributed by atoms with E-state index < -0.39 is 6.10 Å². The fraction of sp³-hybridized carbons (Fsp3) is 0.278. The first-order valence-corrected chi connectivity index (χ1v) is 8.26. The van der Waals surface area contributed by atoms with Crippen molar-refractivity contribution in [3.63, 3.8) is 0 Å². The highest BCUT2D eigenvalue weighted by atomic mass is 35.5. The molecule has 0 spiro atoms. The summed E-state index contributed by atoms with van der Waals surface area (Å²) in [5, 5.41) is 13.7. The van der Waals surface area contributed by atoms with Crippen LogP contribution in [0.2, 0.25) is 10.0 Å². The Morgan fingerprint density at radius 3 is 2.28 bits per heavy atom. The van der Waals surface area contributed by atoms with E-state index in [1.807, 2.05) is 6.92 Å². The van der Waals surface area contributed by atoms with Crippen molar-refractivity contribution in [1.82, 2.24) is 5.32 Å². The summed E-state index contributed by atoms with van der Waals surface area (Å²) in [5.41, 5.74) is 1.66. The maximum absolute atomic E-state index is 12.4. The highest BCUT2D eigenvalue weighted by molar-refractivity contribution is 6.35. The molecule has 1 atom stereocenters. The van der Waals surface area contributed by atoms with E-state index in [0.717, 1.165) is 5.56 Å². The maximum atomic E-state index is 12.4. The first kappa shape index (κ1) is 19.4. The van der Waals surface area contributed by atoms with Crippen molar-refractivity contribution in [3.05, 3.63) is 57.1 Å². The van der Waals surface area contributed by atoms with Gasteiger partial charge in [-0.3, -0.25) is 4.79 Å². The zero-order valence-electron chi connectivity index (χ0n) is 14.1. The number of methoxy groups -OCH3 is 2. The average Bonchev–Trinajstić information content (AvgIpc) is 2.59. The predicted molar refractivity (Wildman–Crippen MR) is 98.0 cm³/mol. The first-order valence-electron chi connectivity index (χ1n) is 7.51. The van der Waals surface area contributed by atoms with Gasteiger partial charge in [0, 0.05) is 33.3 Å². The Hall–Kier alpha value is -1.95. The van der Waals surface area contributed by atoms with Crippen molar-refractivity contribution in [2.24, 2.45) is 0 Å². The number of carbonyl (C=O) groups is 1. The lowest BCUT2D eigenvalue weighted by molar-refractivity contribution is 0.0915. The minimum Gasteiger partial charge on any atom is -0.496 e. The summed E-state index contributed by atoms with van der Waals surface area (Å²) in [6, 6.07) is 8.03. The van der Waals surface area contributed by atoms with E-state index >= 15 is 0 Å².